The highest BCUT2D eigenvalue weighted by molar-refractivity contribution is 5.85. The molecular formula is C12H21FO2. The fraction of sp³-hybridized carbons (Fsp3) is 0.750. The van der Waals surface area contributed by atoms with Crippen molar-refractivity contribution < 1.29 is 13.9 Å². The zero-order valence-corrected chi connectivity index (χ0v) is 9.72. The number of methoxy groups -OCH3 is 1. The summed E-state index contributed by atoms with van der Waals surface area (Å²) in [5.74, 6) is -1.65. The van der Waals surface area contributed by atoms with Crippen LogP contribution in [0.3, 0.4) is 0 Å². The van der Waals surface area contributed by atoms with Crippen molar-refractivity contribution in [3.8, 4) is 0 Å². The molecule has 0 bridgehead atoms. The van der Waals surface area contributed by atoms with Gasteiger partial charge in [-0.3, -0.25) is 0 Å². The Morgan fingerprint density at radius 1 is 1.20 bits per heavy atom. The number of hydrogen-bond donors (Lipinski definition) is 0. The highest BCUT2D eigenvalue weighted by Crippen LogP contribution is 2.09. The molecular weight excluding hydrogens is 195 g/mol. The van der Waals surface area contributed by atoms with Crippen molar-refractivity contribution in [1.29, 1.82) is 0 Å². The first-order valence-electron chi connectivity index (χ1n) is 5.66. The molecule has 0 rings (SSSR count). The number of ether oxygens (including phenoxy) is 1. The quantitative estimate of drug-likeness (QED) is 0.351. The van der Waals surface area contributed by atoms with E-state index in [9.17, 15) is 9.18 Å². The third-order valence-corrected chi connectivity index (χ3v) is 2.26. The van der Waals surface area contributed by atoms with Crippen LogP contribution in [0.4, 0.5) is 4.39 Å². The van der Waals surface area contributed by atoms with Gasteiger partial charge in [0.15, 0.2) is 0 Å². The minimum atomic E-state index is -0.874. The third-order valence-electron chi connectivity index (χ3n) is 2.26. The molecule has 15 heavy (non-hydrogen) atoms. The lowest BCUT2D eigenvalue weighted by atomic mass is 10.1. The summed E-state index contributed by atoms with van der Waals surface area (Å²) >= 11 is 0. The molecule has 0 saturated heterocycles. The Labute approximate surface area is 91.5 Å². The molecule has 0 aromatic heterocycles. The van der Waals surface area contributed by atoms with Gasteiger partial charge in [0.05, 0.1) is 7.11 Å². The van der Waals surface area contributed by atoms with Crippen molar-refractivity contribution in [2.24, 2.45) is 0 Å². The molecule has 0 N–H and O–H groups in total. The zero-order chi connectivity index (χ0) is 11.5. The summed E-state index contributed by atoms with van der Waals surface area (Å²) < 4.78 is 17.1. The first-order valence-corrected chi connectivity index (χ1v) is 5.66. The van der Waals surface area contributed by atoms with Crippen molar-refractivity contribution in [1.82, 2.24) is 0 Å². The van der Waals surface area contributed by atoms with Crippen LogP contribution in [-0.2, 0) is 9.53 Å². The van der Waals surface area contributed by atoms with Gasteiger partial charge in [-0.15, -0.1) is 0 Å². The number of carbonyl (C=O) groups is 1. The summed E-state index contributed by atoms with van der Waals surface area (Å²) in [7, 11) is 1.18. The van der Waals surface area contributed by atoms with Crippen LogP contribution in [-0.4, -0.2) is 13.1 Å². The maximum Gasteiger partial charge on any atom is 0.366 e. The number of unbranched alkanes of at least 4 members (excludes halogenated alkanes) is 6. The maximum atomic E-state index is 12.8. The van der Waals surface area contributed by atoms with E-state index in [2.05, 4.69) is 11.7 Å². The summed E-state index contributed by atoms with van der Waals surface area (Å²) in [6.07, 6.45) is 8.92. The van der Waals surface area contributed by atoms with Crippen LogP contribution in [0.2, 0.25) is 0 Å². The number of hydrogen-bond acceptors (Lipinski definition) is 2. The van der Waals surface area contributed by atoms with Crippen molar-refractivity contribution in [3.63, 3.8) is 0 Å². The van der Waals surface area contributed by atoms with Crippen LogP contribution in [0.25, 0.3) is 0 Å². The van der Waals surface area contributed by atoms with Crippen LogP contribution in [0.5, 0.6) is 0 Å². The average molecular weight is 216 g/mol. The summed E-state index contributed by atoms with van der Waals surface area (Å²) in [4.78, 5) is 10.7. The second-order valence-corrected chi connectivity index (χ2v) is 3.60. The summed E-state index contributed by atoms with van der Waals surface area (Å²) in [5, 5.41) is 0. The molecule has 0 aliphatic carbocycles. The third kappa shape index (κ3) is 8.16. The van der Waals surface area contributed by atoms with Gasteiger partial charge in [-0.2, -0.15) is 4.39 Å². The Morgan fingerprint density at radius 2 is 1.80 bits per heavy atom. The molecule has 0 aromatic rings. The van der Waals surface area contributed by atoms with Crippen molar-refractivity contribution >= 4 is 5.97 Å². The highest BCUT2D eigenvalue weighted by atomic mass is 19.1. The van der Waals surface area contributed by atoms with Gasteiger partial charge < -0.3 is 4.74 Å². The van der Waals surface area contributed by atoms with Crippen LogP contribution in [0, 0.1) is 0 Å². The lowest BCUT2D eigenvalue weighted by Gasteiger charge is -1.98. The molecule has 0 atom stereocenters. The fourth-order valence-corrected chi connectivity index (χ4v) is 1.33. The minimum absolute atomic E-state index is 0.618. The van der Waals surface area contributed by atoms with E-state index in [1.165, 1.54) is 38.9 Å². The molecule has 0 fully saturated rings. The molecule has 0 heterocycles. The molecule has 2 nitrogen and oxygen atoms in total. The smallest absolute Gasteiger partial charge is 0.366 e. The Bertz CT molecular complexity index is 200. The molecule has 0 spiro atoms. The van der Waals surface area contributed by atoms with Crippen LogP contribution in [0.15, 0.2) is 11.9 Å². The number of halogens is 1. The van der Waals surface area contributed by atoms with Gasteiger partial charge in [-0.1, -0.05) is 39.0 Å². The van der Waals surface area contributed by atoms with Gasteiger partial charge in [-0.25, -0.2) is 4.79 Å². The van der Waals surface area contributed by atoms with Gasteiger partial charge in [0, 0.05) is 0 Å². The predicted octanol–water partition coefficient (Wildman–Crippen LogP) is 3.76. The maximum absolute atomic E-state index is 12.8. The number of rotatable bonds is 8. The zero-order valence-electron chi connectivity index (χ0n) is 9.72. The lowest BCUT2D eigenvalue weighted by molar-refractivity contribution is -0.137. The molecule has 3 heteroatoms. The number of esters is 1. The van der Waals surface area contributed by atoms with Gasteiger partial charge in [0.25, 0.3) is 0 Å². The van der Waals surface area contributed by atoms with Gasteiger partial charge >= 0.3 is 5.97 Å². The van der Waals surface area contributed by atoms with Crippen LogP contribution >= 0.6 is 0 Å². The molecule has 0 unspecified atom stereocenters. The van der Waals surface area contributed by atoms with Crippen molar-refractivity contribution in [2.75, 3.05) is 7.11 Å². The normalized spacial score (nSPS) is 11.5. The average Bonchev–Trinajstić information content (AvgIpc) is 2.26. The van der Waals surface area contributed by atoms with E-state index in [-0.39, 0.29) is 0 Å². The number of allylic oxidation sites excluding steroid dienone is 1. The molecule has 0 radical (unpaired) electrons. The standard InChI is InChI=1S/C12H21FO2/c1-3-4-5-6-7-8-9-10-11(13)12(14)15-2/h10H,3-9H2,1-2H3/b11-10-. The minimum Gasteiger partial charge on any atom is -0.464 e. The van der Waals surface area contributed by atoms with E-state index >= 15 is 0 Å². The van der Waals surface area contributed by atoms with Crippen LogP contribution in [0.1, 0.15) is 51.9 Å². The first-order chi connectivity index (χ1) is 7.22. The second-order valence-electron chi connectivity index (χ2n) is 3.60. The second kappa shape index (κ2) is 9.69. The van der Waals surface area contributed by atoms with Crippen molar-refractivity contribution in [2.45, 2.75) is 51.9 Å². The Morgan fingerprint density at radius 3 is 2.40 bits per heavy atom. The molecule has 88 valence electrons. The predicted molar refractivity (Wildman–Crippen MR) is 59.2 cm³/mol. The molecule has 0 aliphatic heterocycles. The topological polar surface area (TPSA) is 26.3 Å². The van der Waals surface area contributed by atoms with E-state index in [1.54, 1.807) is 0 Å². The first kappa shape index (κ1) is 14.1. The lowest BCUT2D eigenvalue weighted by Crippen LogP contribution is -2.00. The Kier molecular flexibility index (Phi) is 9.13. The van der Waals surface area contributed by atoms with E-state index in [4.69, 9.17) is 0 Å². The summed E-state index contributed by atoms with van der Waals surface area (Å²) in [6, 6.07) is 0. The van der Waals surface area contributed by atoms with Gasteiger partial charge in [-0.05, 0) is 18.9 Å². The van der Waals surface area contributed by atoms with E-state index in [1.807, 2.05) is 0 Å². The Balaban J connectivity index is 3.40. The highest BCUT2D eigenvalue weighted by Gasteiger charge is 2.06. The summed E-state index contributed by atoms with van der Waals surface area (Å²) in [5.41, 5.74) is 0. The Hall–Kier alpha value is -0.860. The van der Waals surface area contributed by atoms with E-state index in [0.29, 0.717) is 6.42 Å². The van der Waals surface area contributed by atoms with E-state index < -0.39 is 11.8 Å². The van der Waals surface area contributed by atoms with Crippen molar-refractivity contribution in [3.05, 3.63) is 11.9 Å². The van der Waals surface area contributed by atoms with Gasteiger partial charge in [0.2, 0.25) is 5.83 Å². The monoisotopic (exact) mass is 216 g/mol. The molecule has 0 aromatic carbocycles. The van der Waals surface area contributed by atoms with Gasteiger partial charge in [0.1, 0.15) is 0 Å². The fourth-order valence-electron chi connectivity index (χ4n) is 1.33. The van der Waals surface area contributed by atoms with E-state index in [0.717, 1.165) is 12.8 Å². The molecule has 0 aliphatic rings. The largest absolute Gasteiger partial charge is 0.464 e. The molecule has 0 amide bonds. The van der Waals surface area contributed by atoms with Crippen LogP contribution < -0.4 is 0 Å². The number of carbonyl (C=O) groups excluding carboxylic acids is 1. The molecule has 0 saturated carbocycles. The summed E-state index contributed by atoms with van der Waals surface area (Å²) in [6.45, 7) is 2.18. The SMILES string of the molecule is CCCCCCCC/C=C(\F)C(=O)OC.